The van der Waals surface area contributed by atoms with Gasteiger partial charge in [0.25, 0.3) is 0 Å². The van der Waals surface area contributed by atoms with Gasteiger partial charge in [0.1, 0.15) is 29.1 Å². The van der Waals surface area contributed by atoms with Crippen LogP contribution in [0.25, 0.3) is 11.6 Å². The van der Waals surface area contributed by atoms with Crippen LogP contribution in [0.3, 0.4) is 0 Å². The third-order valence-corrected chi connectivity index (χ3v) is 4.89. The molecule has 0 aliphatic heterocycles. The van der Waals surface area contributed by atoms with Gasteiger partial charge in [0.15, 0.2) is 0 Å². The van der Waals surface area contributed by atoms with E-state index in [2.05, 4.69) is 6.92 Å². The van der Waals surface area contributed by atoms with Crippen molar-refractivity contribution in [2.75, 3.05) is 0 Å². The molecule has 2 aromatic rings. The Morgan fingerprint density at radius 3 is 2.54 bits per heavy atom. The Morgan fingerprint density at radius 1 is 1.04 bits per heavy atom. The maximum atomic E-state index is 14.6. The summed E-state index contributed by atoms with van der Waals surface area (Å²) in [6.07, 6.45) is 6.51. The number of hydrogen-bond donors (Lipinski definition) is 0. The molecule has 0 amide bonds. The molecular weight excluding hydrogens is 335 g/mol. The van der Waals surface area contributed by atoms with Gasteiger partial charge in [-0.05, 0) is 60.1 Å². The van der Waals surface area contributed by atoms with Gasteiger partial charge in [0.2, 0.25) is 0 Å². The van der Waals surface area contributed by atoms with E-state index in [1.54, 1.807) is 24.3 Å². The van der Waals surface area contributed by atoms with Crippen molar-refractivity contribution in [2.45, 2.75) is 45.4 Å². The molecule has 134 valence electrons. The highest BCUT2D eigenvalue weighted by atomic mass is 19.1. The molecule has 0 saturated heterocycles. The minimum atomic E-state index is -0.881. The van der Waals surface area contributed by atoms with Crippen LogP contribution in [0.4, 0.5) is 13.2 Å². The first-order chi connectivity index (χ1) is 12.5. The number of unbranched alkanes of at least 4 members (excludes halogenated alkanes) is 2. The first-order valence-electron chi connectivity index (χ1n) is 8.95. The highest BCUT2D eigenvalue weighted by Crippen LogP contribution is 2.34. The summed E-state index contributed by atoms with van der Waals surface area (Å²) in [5.41, 5.74) is 2.31. The van der Waals surface area contributed by atoms with Gasteiger partial charge in [-0.1, -0.05) is 38.0 Å². The predicted molar refractivity (Wildman–Crippen MR) is 96.9 cm³/mol. The van der Waals surface area contributed by atoms with E-state index in [4.69, 9.17) is 5.26 Å². The minimum absolute atomic E-state index is 0.303. The van der Waals surface area contributed by atoms with Crippen molar-refractivity contribution in [2.24, 2.45) is 0 Å². The number of nitriles is 1. The first kappa shape index (κ1) is 18.3. The maximum absolute atomic E-state index is 14.6. The smallest absolute Gasteiger partial charge is 0.147 e. The SMILES string of the molecule is CCCCCc1ccc(C2=Cc3cc(F)c(C#N)c(F)c3CC2)c(F)c1. The van der Waals surface area contributed by atoms with Gasteiger partial charge >= 0.3 is 0 Å². The Hall–Kier alpha value is -2.54. The largest absolute Gasteiger partial charge is 0.206 e. The quantitative estimate of drug-likeness (QED) is 0.586. The van der Waals surface area contributed by atoms with Crippen LogP contribution in [-0.4, -0.2) is 0 Å². The van der Waals surface area contributed by atoms with Crippen LogP contribution in [0.5, 0.6) is 0 Å². The van der Waals surface area contributed by atoms with Crippen molar-refractivity contribution in [3.8, 4) is 6.07 Å². The van der Waals surface area contributed by atoms with Crippen molar-refractivity contribution in [1.29, 1.82) is 5.26 Å². The number of hydrogen-bond acceptors (Lipinski definition) is 1. The zero-order valence-corrected chi connectivity index (χ0v) is 14.7. The normalized spacial score (nSPS) is 13.1. The second kappa shape index (κ2) is 7.78. The van der Waals surface area contributed by atoms with E-state index in [9.17, 15) is 13.2 Å². The summed E-state index contributed by atoms with van der Waals surface area (Å²) in [5, 5.41) is 8.88. The molecule has 0 radical (unpaired) electrons. The fraction of sp³-hybridized carbons (Fsp3) is 0.318. The number of benzene rings is 2. The molecular formula is C22H20F3N. The van der Waals surface area contributed by atoms with Gasteiger partial charge in [-0.15, -0.1) is 0 Å². The minimum Gasteiger partial charge on any atom is -0.206 e. The number of fused-ring (bicyclic) bond motifs is 1. The Bertz CT molecular complexity index is 907. The average molecular weight is 355 g/mol. The molecule has 0 atom stereocenters. The van der Waals surface area contributed by atoms with Crippen LogP contribution >= 0.6 is 0 Å². The second-order valence-corrected chi connectivity index (χ2v) is 6.67. The molecule has 0 unspecified atom stereocenters. The van der Waals surface area contributed by atoms with Crippen LogP contribution in [0.2, 0.25) is 0 Å². The molecule has 3 rings (SSSR count). The van der Waals surface area contributed by atoms with Crippen LogP contribution in [0.1, 0.15) is 60.4 Å². The van der Waals surface area contributed by atoms with Crippen LogP contribution in [0.15, 0.2) is 24.3 Å². The molecule has 0 saturated carbocycles. The second-order valence-electron chi connectivity index (χ2n) is 6.67. The van der Waals surface area contributed by atoms with Gasteiger partial charge in [0, 0.05) is 5.56 Å². The Kier molecular flexibility index (Phi) is 5.46. The summed E-state index contributed by atoms with van der Waals surface area (Å²) < 4.78 is 42.7. The number of aryl methyl sites for hydroxylation is 1. The summed E-state index contributed by atoms with van der Waals surface area (Å²) in [6.45, 7) is 2.13. The van der Waals surface area contributed by atoms with E-state index < -0.39 is 17.2 Å². The monoisotopic (exact) mass is 355 g/mol. The lowest BCUT2D eigenvalue weighted by Gasteiger charge is -2.19. The molecule has 0 spiro atoms. The topological polar surface area (TPSA) is 23.8 Å². The average Bonchev–Trinajstić information content (AvgIpc) is 2.62. The summed E-state index contributed by atoms with van der Waals surface area (Å²) in [4.78, 5) is 0. The number of rotatable bonds is 5. The lowest BCUT2D eigenvalue weighted by atomic mass is 9.86. The lowest BCUT2D eigenvalue weighted by Crippen LogP contribution is -2.07. The molecule has 0 heterocycles. The molecule has 0 bridgehead atoms. The molecule has 1 aliphatic rings. The van der Waals surface area contributed by atoms with E-state index in [0.29, 0.717) is 29.5 Å². The van der Waals surface area contributed by atoms with E-state index in [1.165, 1.54) is 0 Å². The van der Waals surface area contributed by atoms with Crippen molar-refractivity contribution in [1.82, 2.24) is 0 Å². The molecule has 0 fully saturated rings. The first-order valence-corrected chi connectivity index (χ1v) is 8.95. The summed E-state index contributed by atoms with van der Waals surface area (Å²) >= 11 is 0. The number of halogens is 3. The van der Waals surface area contributed by atoms with Crippen LogP contribution in [0, 0.1) is 28.8 Å². The van der Waals surface area contributed by atoms with Gasteiger partial charge < -0.3 is 0 Å². The Morgan fingerprint density at radius 2 is 1.85 bits per heavy atom. The fourth-order valence-corrected chi connectivity index (χ4v) is 3.45. The Balaban J connectivity index is 1.92. The van der Waals surface area contributed by atoms with Gasteiger partial charge in [-0.25, -0.2) is 13.2 Å². The predicted octanol–water partition coefficient (Wildman–Crippen LogP) is 6.20. The summed E-state index contributed by atoms with van der Waals surface area (Å²) in [5.74, 6) is -1.99. The van der Waals surface area contributed by atoms with E-state index in [1.807, 2.05) is 6.07 Å². The highest BCUT2D eigenvalue weighted by Gasteiger charge is 2.22. The zero-order chi connectivity index (χ0) is 18.7. The molecule has 26 heavy (non-hydrogen) atoms. The lowest BCUT2D eigenvalue weighted by molar-refractivity contribution is 0.564. The standard InChI is InChI=1S/C22H20F3N/c1-2-3-4-5-14-6-8-17(20(23)10-14)15-7-9-18-16(11-15)12-21(24)19(13-26)22(18)25/h6,8,10-12H,2-5,7,9H2,1H3. The summed E-state index contributed by atoms with van der Waals surface area (Å²) in [7, 11) is 0. The van der Waals surface area contributed by atoms with Crippen molar-refractivity contribution >= 4 is 11.6 Å². The molecule has 1 aliphatic carbocycles. The van der Waals surface area contributed by atoms with E-state index in [-0.39, 0.29) is 5.82 Å². The van der Waals surface area contributed by atoms with Gasteiger partial charge in [0.05, 0.1) is 0 Å². The molecule has 2 aromatic carbocycles. The third-order valence-electron chi connectivity index (χ3n) is 4.89. The van der Waals surface area contributed by atoms with Gasteiger partial charge in [-0.2, -0.15) is 5.26 Å². The number of nitrogens with zero attached hydrogens (tertiary/aromatic N) is 1. The van der Waals surface area contributed by atoms with E-state index >= 15 is 0 Å². The van der Waals surface area contributed by atoms with Crippen LogP contribution in [-0.2, 0) is 12.8 Å². The fourth-order valence-electron chi connectivity index (χ4n) is 3.45. The molecule has 4 heteroatoms. The Labute approximate surface area is 151 Å². The summed E-state index contributed by atoms with van der Waals surface area (Å²) in [6, 6.07) is 7.95. The van der Waals surface area contributed by atoms with Crippen LogP contribution < -0.4 is 0 Å². The molecule has 1 nitrogen and oxygen atoms in total. The van der Waals surface area contributed by atoms with E-state index in [0.717, 1.165) is 42.9 Å². The van der Waals surface area contributed by atoms with Crippen molar-refractivity contribution in [3.63, 3.8) is 0 Å². The third kappa shape index (κ3) is 3.53. The number of allylic oxidation sites excluding steroid dienone is 1. The van der Waals surface area contributed by atoms with Gasteiger partial charge in [-0.3, -0.25) is 0 Å². The van der Waals surface area contributed by atoms with Crippen molar-refractivity contribution in [3.05, 3.63) is 69.5 Å². The highest BCUT2D eigenvalue weighted by molar-refractivity contribution is 5.85. The zero-order valence-electron chi connectivity index (χ0n) is 14.7. The van der Waals surface area contributed by atoms with Crippen molar-refractivity contribution < 1.29 is 13.2 Å². The molecule has 0 aromatic heterocycles. The maximum Gasteiger partial charge on any atom is 0.147 e. The molecule has 0 N–H and O–H groups in total.